The first kappa shape index (κ1) is 26.2. The Kier molecular flexibility index (Phi) is 7.28. The van der Waals surface area contributed by atoms with Crippen LogP contribution in [-0.4, -0.2) is 74.7 Å². The third-order valence-corrected chi connectivity index (χ3v) is 7.37. The molecule has 35 heavy (non-hydrogen) atoms. The zero-order valence-corrected chi connectivity index (χ0v) is 19.1. The summed E-state index contributed by atoms with van der Waals surface area (Å²) in [4.78, 5) is 59.7. The average molecular weight is 534 g/mol. The predicted octanol–water partition coefficient (Wildman–Crippen LogP) is 0.725. The Morgan fingerprint density at radius 1 is 1.20 bits per heavy atom. The van der Waals surface area contributed by atoms with Gasteiger partial charge in [0.25, 0.3) is 11.8 Å². The van der Waals surface area contributed by atoms with Crippen LogP contribution in [0.2, 0.25) is 0 Å². The fourth-order valence-corrected chi connectivity index (χ4v) is 5.68. The zero-order chi connectivity index (χ0) is 26.2. The molecule has 0 aliphatic carbocycles. The number of carbonyl (C=O) groups is 5. The van der Waals surface area contributed by atoms with Gasteiger partial charge in [-0.3, -0.25) is 24.2 Å². The van der Waals surface area contributed by atoms with Crippen molar-refractivity contribution >= 4 is 57.8 Å². The number of aliphatic carboxylic acids is 2. The highest BCUT2D eigenvalue weighted by Gasteiger charge is 2.51. The smallest absolute Gasteiger partial charge is 0.477 e. The van der Waals surface area contributed by atoms with Crippen LogP contribution in [0.4, 0.5) is 18.2 Å². The van der Waals surface area contributed by atoms with Crippen molar-refractivity contribution in [2.24, 2.45) is 11.5 Å². The van der Waals surface area contributed by atoms with E-state index in [0.717, 1.165) is 0 Å². The number of amides is 3. The van der Waals surface area contributed by atoms with E-state index in [-0.39, 0.29) is 22.5 Å². The first-order valence-electron chi connectivity index (χ1n) is 9.62. The molecule has 0 radical (unpaired) electrons. The van der Waals surface area contributed by atoms with Crippen LogP contribution in [-0.2, 0) is 19.2 Å². The third-order valence-electron chi connectivity index (χ3n) is 5.11. The fourth-order valence-electron chi connectivity index (χ4n) is 3.50. The van der Waals surface area contributed by atoms with Gasteiger partial charge in [-0.1, -0.05) is 0 Å². The number of anilines is 1. The molecular formula is C19H17F3N4O7S2. The summed E-state index contributed by atoms with van der Waals surface area (Å²) in [5, 5.41) is 18.5. The Labute approximate surface area is 202 Å². The number of carboxylic acid groups (broad SMARTS) is 2. The molecule has 2 saturated heterocycles. The molecule has 0 unspecified atom stereocenters. The molecular weight excluding hydrogens is 517 g/mol. The summed E-state index contributed by atoms with van der Waals surface area (Å²) in [7, 11) is 0. The van der Waals surface area contributed by atoms with Crippen LogP contribution in [0.15, 0.2) is 34.4 Å². The van der Waals surface area contributed by atoms with Crippen molar-refractivity contribution in [1.82, 2.24) is 4.90 Å². The molecule has 1 aromatic heterocycles. The number of carboxylic acids is 2. The van der Waals surface area contributed by atoms with Crippen molar-refractivity contribution in [3.8, 4) is 0 Å². The number of thiophene rings is 1. The Hall–Kier alpha value is -3.37. The molecule has 0 aromatic carbocycles. The largest absolute Gasteiger partial charge is 0.490 e. The molecule has 188 valence electrons. The van der Waals surface area contributed by atoms with Gasteiger partial charge in [0.15, 0.2) is 0 Å². The predicted molar refractivity (Wildman–Crippen MR) is 117 cm³/mol. The molecule has 4 rings (SSSR count). The Balaban J connectivity index is 0.000000429. The minimum Gasteiger partial charge on any atom is -0.477 e. The maximum absolute atomic E-state index is 12.8. The minimum atomic E-state index is -5.08. The van der Waals surface area contributed by atoms with E-state index in [9.17, 15) is 37.5 Å². The molecule has 4 heterocycles. The summed E-state index contributed by atoms with van der Waals surface area (Å²) in [5.41, 5.74) is 12.1. The number of hydrogen-bond acceptors (Lipinski definition) is 8. The normalized spacial score (nSPS) is 23.0. The van der Waals surface area contributed by atoms with Crippen molar-refractivity contribution < 1.29 is 47.4 Å². The van der Waals surface area contributed by atoms with Gasteiger partial charge in [-0.2, -0.15) is 13.2 Å². The summed E-state index contributed by atoms with van der Waals surface area (Å²) in [6.45, 7) is 0.366. The number of thioether (sulfide) groups is 1. The number of carbonyl (C=O) groups excluding carboxylic acids is 3. The topological polar surface area (TPSA) is 184 Å². The highest BCUT2D eigenvalue weighted by molar-refractivity contribution is 8.00. The SMILES string of the molecule is NC(=O)c1ccsc1N1CCC(=CC2=C(C(=O)O)N3C(=O)[C@@H](N)[C@H]3SC2)C1=O.O=C(O)C(F)(F)F. The Morgan fingerprint density at radius 2 is 1.83 bits per heavy atom. The van der Waals surface area contributed by atoms with Crippen molar-refractivity contribution in [2.45, 2.75) is 24.0 Å². The molecule has 6 N–H and O–H groups in total. The fraction of sp³-hybridized carbons (Fsp3) is 0.316. The monoisotopic (exact) mass is 534 g/mol. The number of primary amides is 1. The van der Waals surface area contributed by atoms with Crippen LogP contribution in [0.5, 0.6) is 0 Å². The number of hydrogen-bond donors (Lipinski definition) is 4. The second-order valence-electron chi connectivity index (χ2n) is 7.30. The average Bonchev–Trinajstić information content (AvgIpc) is 3.39. The third kappa shape index (κ3) is 5.03. The van der Waals surface area contributed by atoms with E-state index in [1.807, 2.05) is 0 Å². The second kappa shape index (κ2) is 9.71. The van der Waals surface area contributed by atoms with Crippen LogP contribution in [0.3, 0.4) is 0 Å². The first-order valence-corrected chi connectivity index (χ1v) is 11.5. The number of rotatable bonds is 4. The zero-order valence-electron chi connectivity index (χ0n) is 17.4. The van der Waals surface area contributed by atoms with E-state index >= 15 is 0 Å². The van der Waals surface area contributed by atoms with E-state index < -0.39 is 36.0 Å². The summed E-state index contributed by atoms with van der Waals surface area (Å²) in [6.07, 6.45) is -3.14. The lowest BCUT2D eigenvalue weighted by molar-refractivity contribution is -0.192. The van der Waals surface area contributed by atoms with Crippen LogP contribution in [0.25, 0.3) is 0 Å². The maximum Gasteiger partial charge on any atom is 0.490 e. The van der Waals surface area contributed by atoms with E-state index in [1.165, 1.54) is 32.9 Å². The number of halogens is 3. The molecule has 0 bridgehead atoms. The van der Waals surface area contributed by atoms with Gasteiger partial charge in [0, 0.05) is 17.9 Å². The van der Waals surface area contributed by atoms with Crippen LogP contribution in [0, 0.1) is 0 Å². The van der Waals surface area contributed by atoms with E-state index in [2.05, 4.69) is 0 Å². The molecule has 3 amide bonds. The standard InChI is InChI=1S/C17H16N4O5S2.C2HF3O2/c18-10-14(24)21-11(17(25)26)8(6-28-16(10)21)5-7-1-3-20(13(7)23)15-9(12(19)22)2-4-27-15;3-2(4,5)1(6)7/h2,4-5,10,16H,1,3,6,18H2,(H2,19,22)(H,25,26);(H,6,7)/t10-,16-;/m1./s1. The summed E-state index contributed by atoms with van der Waals surface area (Å²) in [6, 6.07) is 0.863. The molecule has 2 fully saturated rings. The van der Waals surface area contributed by atoms with E-state index in [1.54, 1.807) is 17.5 Å². The van der Waals surface area contributed by atoms with Gasteiger partial charge in [-0.15, -0.1) is 23.1 Å². The maximum atomic E-state index is 12.8. The number of nitrogens with zero attached hydrogens (tertiary/aromatic N) is 2. The molecule has 0 spiro atoms. The lowest BCUT2D eigenvalue weighted by atomic mass is 10.0. The first-order chi connectivity index (χ1) is 16.3. The number of fused-ring (bicyclic) bond motifs is 1. The number of alkyl halides is 3. The Morgan fingerprint density at radius 3 is 2.37 bits per heavy atom. The quantitative estimate of drug-likeness (QED) is 0.319. The highest BCUT2D eigenvalue weighted by Crippen LogP contribution is 2.41. The van der Waals surface area contributed by atoms with Crippen LogP contribution >= 0.6 is 23.1 Å². The van der Waals surface area contributed by atoms with Crippen molar-refractivity contribution in [1.29, 1.82) is 0 Å². The number of β-lactam (4-membered cyclic amide) rings is 1. The van der Waals surface area contributed by atoms with Gasteiger partial charge in [0.1, 0.15) is 22.1 Å². The van der Waals surface area contributed by atoms with Crippen molar-refractivity contribution in [3.63, 3.8) is 0 Å². The Bertz CT molecular complexity index is 1180. The second-order valence-corrected chi connectivity index (χ2v) is 9.30. The summed E-state index contributed by atoms with van der Waals surface area (Å²) >= 11 is 2.62. The molecule has 3 aliphatic heterocycles. The lowest BCUT2D eigenvalue weighted by Crippen LogP contribution is -2.68. The molecule has 1 aromatic rings. The molecule has 0 saturated carbocycles. The minimum absolute atomic E-state index is 0.122. The van der Waals surface area contributed by atoms with Gasteiger partial charge in [0.05, 0.1) is 5.56 Å². The highest BCUT2D eigenvalue weighted by atomic mass is 32.2. The molecule has 2 atom stereocenters. The van der Waals surface area contributed by atoms with Gasteiger partial charge in [0.2, 0.25) is 5.91 Å². The molecule has 3 aliphatic rings. The van der Waals surface area contributed by atoms with Crippen LogP contribution in [0.1, 0.15) is 16.8 Å². The lowest BCUT2D eigenvalue weighted by Gasteiger charge is -2.47. The van der Waals surface area contributed by atoms with Crippen molar-refractivity contribution in [2.75, 3.05) is 17.2 Å². The molecule has 11 nitrogen and oxygen atoms in total. The summed E-state index contributed by atoms with van der Waals surface area (Å²) in [5.74, 6) is -5.00. The number of allylic oxidation sites excluding steroid dienone is 1. The number of nitrogens with two attached hydrogens (primary N) is 2. The van der Waals surface area contributed by atoms with E-state index in [4.69, 9.17) is 21.4 Å². The van der Waals surface area contributed by atoms with Gasteiger partial charge < -0.3 is 21.7 Å². The molecule has 16 heteroatoms. The summed E-state index contributed by atoms with van der Waals surface area (Å²) < 4.78 is 31.7. The van der Waals surface area contributed by atoms with Crippen LogP contribution < -0.4 is 16.4 Å². The van der Waals surface area contributed by atoms with Crippen molar-refractivity contribution in [3.05, 3.63) is 39.9 Å². The van der Waals surface area contributed by atoms with Gasteiger partial charge >= 0.3 is 18.1 Å². The van der Waals surface area contributed by atoms with E-state index in [0.29, 0.717) is 34.9 Å². The van der Waals surface area contributed by atoms with Gasteiger partial charge in [-0.25, -0.2) is 9.59 Å². The van der Waals surface area contributed by atoms with Gasteiger partial charge in [-0.05, 0) is 29.5 Å².